The fourth-order valence-corrected chi connectivity index (χ4v) is 2.09. The molecular weight excluding hydrogens is 301 g/mol. The van der Waals surface area contributed by atoms with Crippen LogP contribution in [0.25, 0.3) is 0 Å². The van der Waals surface area contributed by atoms with Crippen molar-refractivity contribution in [2.45, 2.75) is 0 Å². The van der Waals surface area contributed by atoms with Crippen molar-refractivity contribution in [3.8, 4) is 11.5 Å². The Labute approximate surface area is 126 Å². The van der Waals surface area contributed by atoms with E-state index < -0.39 is 5.97 Å². The van der Waals surface area contributed by atoms with Crippen molar-refractivity contribution in [2.75, 3.05) is 12.8 Å². The number of methoxy groups -OCH3 is 1. The maximum atomic E-state index is 11.5. The summed E-state index contributed by atoms with van der Waals surface area (Å²) in [5.41, 5.74) is 6.53. The number of esters is 1. The van der Waals surface area contributed by atoms with Crippen LogP contribution >= 0.6 is 23.2 Å². The highest BCUT2D eigenvalue weighted by molar-refractivity contribution is 6.34. The summed E-state index contributed by atoms with van der Waals surface area (Å²) < 4.78 is 10.2. The average Bonchev–Trinajstić information content (AvgIpc) is 2.39. The molecule has 2 rings (SSSR count). The molecule has 104 valence electrons. The Morgan fingerprint density at radius 3 is 2.35 bits per heavy atom. The minimum absolute atomic E-state index is 0.325. The fourth-order valence-electron chi connectivity index (χ4n) is 1.58. The number of nitrogen functional groups attached to an aromatic ring is 1. The Bertz CT molecular complexity index is 639. The van der Waals surface area contributed by atoms with E-state index >= 15 is 0 Å². The van der Waals surface area contributed by atoms with E-state index in [0.717, 1.165) is 0 Å². The molecule has 0 amide bonds. The molecule has 2 aromatic carbocycles. The molecule has 0 spiro atoms. The van der Waals surface area contributed by atoms with Gasteiger partial charge in [-0.25, -0.2) is 4.79 Å². The van der Waals surface area contributed by atoms with E-state index in [-0.39, 0.29) is 0 Å². The van der Waals surface area contributed by atoms with Crippen LogP contribution in [0.5, 0.6) is 11.5 Å². The number of rotatable bonds is 3. The zero-order valence-electron chi connectivity index (χ0n) is 10.5. The van der Waals surface area contributed by atoms with E-state index in [1.54, 1.807) is 30.3 Å². The van der Waals surface area contributed by atoms with Gasteiger partial charge in [-0.05, 0) is 36.4 Å². The second kappa shape index (κ2) is 6.03. The van der Waals surface area contributed by atoms with E-state index in [4.69, 9.17) is 33.7 Å². The Morgan fingerprint density at radius 1 is 1.10 bits per heavy atom. The van der Waals surface area contributed by atoms with Crippen LogP contribution in [0.2, 0.25) is 10.0 Å². The molecule has 0 saturated heterocycles. The van der Waals surface area contributed by atoms with Crippen LogP contribution in [0.3, 0.4) is 0 Å². The first-order valence-corrected chi connectivity index (χ1v) is 6.37. The summed E-state index contributed by atoms with van der Waals surface area (Å²) in [6.07, 6.45) is 0. The quantitative estimate of drug-likeness (QED) is 0.683. The number of carbonyl (C=O) groups excluding carboxylic acids is 1. The molecule has 4 nitrogen and oxygen atoms in total. The molecule has 0 bridgehead atoms. The maximum absolute atomic E-state index is 11.5. The van der Waals surface area contributed by atoms with Crippen molar-refractivity contribution in [2.24, 2.45) is 0 Å². The Morgan fingerprint density at radius 2 is 1.75 bits per heavy atom. The first kappa shape index (κ1) is 14.5. The lowest BCUT2D eigenvalue weighted by Crippen LogP contribution is -2.02. The van der Waals surface area contributed by atoms with Crippen LogP contribution in [-0.4, -0.2) is 13.1 Å². The third-order valence-electron chi connectivity index (χ3n) is 2.50. The van der Waals surface area contributed by atoms with Gasteiger partial charge in [0, 0.05) is 10.0 Å². The Hall–Kier alpha value is -1.91. The topological polar surface area (TPSA) is 61.5 Å². The smallest absolute Gasteiger partial charge is 0.337 e. The number of nitrogens with two attached hydrogens (primary N) is 1. The van der Waals surface area contributed by atoms with Gasteiger partial charge >= 0.3 is 5.97 Å². The molecule has 20 heavy (non-hydrogen) atoms. The zero-order valence-corrected chi connectivity index (χ0v) is 12.0. The number of hydrogen-bond acceptors (Lipinski definition) is 4. The van der Waals surface area contributed by atoms with E-state index in [2.05, 4.69) is 4.74 Å². The third-order valence-corrected chi connectivity index (χ3v) is 2.93. The van der Waals surface area contributed by atoms with Crippen molar-refractivity contribution < 1.29 is 14.3 Å². The first-order valence-electron chi connectivity index (χ1n) is 5.61. The van der Waals surface area contributed by atoms with Gasteiger partial charge in [0.2, 0.25) is 0 Å². The highest BCUT2D eigenvalue weighted by Gasteiger charge is 2.10. The lowest BCUT2D eigenvalue weighted by atomic mass is 10.2. The monoisotopic (exact) mass is 311 g/mol. The molecule has 6 heteroatoms. The molecule has 0 aliphatic carbocycles. The van der Waals surface area contributed by atoms with Crippen molar-refractivity contribution in [3.63, 3.8) is 0 Å². The van der Waals surface area contributed by atoms with Crippen molar-refractivity contribution in [3.05, 3.63) is 52.0 Å². The zero-order chi connectivity index (χ0) is 14.7. The van der Waals surface area contributed by atoms with E-state index in [1.807, 2.05) is 0 Å². The molecule has 0 radical (unpaired) electrons. The molecule has 0 fully saturated rings. The standard InChI is InChI=1S/C14H11Cl2NO3/c1-19-14(18)8-2-3-12(17)13(4-8)20-11-6-9(15)5-10(16)7-11/h2-7H,17H2,1H3. The number of carbonyl (C=O) groups is 1. The first-order chi connectivity index (χ1) is 9.49. The van der Waals surface area contributed by atoms with Gasteiger partial charge in [-0.1, -0.05) is 23.2 Å². The van der Waals surface area contributed by atoms with Crippen molar-refractivity contribution in [1.82, 2.24) is 0 Å². The summed E-state index contributed by atoms with van der Waals surface area (Å²) in [6.45, 7) is 0. The van der Waals surface area contributed by atoms with Crippen LogP contribution in [0, 0.1) is 0 Å². The number of hydrogen-bond donors (Lipinski definition) is 1. The minimum atomic E-state index is -0.473. The molecular formula is C14H11Cl2NO3. The average molecular weight is 312 g/mol. The molecule has 2 aromatic rings. The highest BCUT2D eigenvalue weighted by atomic mass is 35.5. The van der Waals surface area contributed by atoms with Crippen LogP contribution in [-0.2, 0) is 4.74 Å². The number of anilines is 1. The normalized spacial score (nSPS) is 10.2. The SMILES string of the molecule is COC(=O)c1ccc(N)c(Oc2cc(Cl)cc(Cl)c2)c1. The lowest BCUT2D eigenvalue weighted by molar-refractivity contribution is 0.0600. The van der Waals surface area contributed by atoms with Gasteiger partial charge in [0.25, 0.3) is 0 Å². The molecule has 2 N–H and O–H groups in total. The molecule has 0 unspecified atom stereocenters. The molecule has 0 aliphatic rings. The summed E-state index contributed by atoms with van der Waals surface area (Å²) in [5, 5.41) is 0.880. The van der Waals surface area contributed by atoms with Gasteiger partial charge in [0.05, 0.1) is 18.4 Å². The Kier molecular flexibility index (Phi) is 4.37. The van der Waals surface area contributed by atoms with Gasteiger partial charge < -0.3 is 15.2 Å². The predicted octanol–water partition coefficient (Wildman–Crippen LogP) is 4.15. The lowest BCUT2D eigenvalue weighted by Gasteiger charge is -2.10. The van der Waals surface area contributed by atoms with Gasteiger partial charge in [-0.3, -0.25) is 0 Å². The summed E-state index contributed by atoms with van der Waals surface area (Å²) in [5.74, 6) is 0.279. The maximum Gasteiger partial charge on any atom is 0.337 e. The van der Waals surface area contributed by atoms with E-state index in [9.17, 15) is 4.79 Å². The van der Waals surface area contributed by atoms with Gasteiger partial charge in [0.15, 0.2) is 5.75 Å². The van der Waals surface area contributed by atoms with Crippen molar-refractivity contribution >= 4 is 34.9 Å². The summed E-state index contributed by atoms with van der Waals surface area (Å²) >= 11 is 11.8. The second-order valence-corrected chi connectivity index (χ2v) is 4.82. The molecule has 0 atom stereocenters. The summed E-state index contributed by atoms with van der Waals surface area (Å²) in [4.78, 5) is 11.5. The summed E-state index contributed by atoms with van der Waals surface area (Å²) in [6, 6.07) is 9.39. The number of ether oxygens (including phenoxy) is 2. The van der Waals surface area contributed by atoms with Crippen LogP contribution in [0.4, 0.5) is 5.69 Å². The largest absolute Gasteiger partial charge is 0.465 e. The number of halogens is 2. The van der Waals surface area contributed by atoms with Gasteiger partial charge in [-0.2, -0.15) is 0 Å². The molecule has 0 heterocycles. The van der Waals surface area contributed by atoms with Crippen LogP contribution < -0.4 is 10.5 Å². The van der Waals surface area contributed by atoms with Crippen LogP contribution in [0.1, 0.15) is 10.4 Å². The third kappa shape index (κ3) is 3.35. The minimum Gasteiger partial charge on any atom is -0.465 e. The summed E-state index contributed by atoms with van der Waals surface area (Å²) in [7, 11) is 1.30. The van der Waals surface area contributed by atoms with Gasteiger partial charge in [0.1, 0.15) is 5.75 Å². The predicted molar refractivity (Wildman–Crippen MR) is 78.7 cm³/mol. The highest BCUT2D eigenvalue weighted by Crippen LogP contribution is 2.32. The van der Waals surface area contributed by atoms with E-state index in [1.165, 1.54) is 13.2 Å². The molecule has 0 saturated carbocycles. The Balaban J connectivity index is 2.34. The van der Waals surface area contributed by atoms with Crippen molar-refractivity contribution in [1.29, 1.82) is 0 Å². The number of benzene rings is 2. The van der Waals surface area contributed by atoms with Gasteiger partial charge in [-0.15, -0.1) is 0 Å². The van der Waals surface area contributed by atoms with E-state index in [0.29, 0.717) is 32.8 Å². The molecule has 0 aliphatic heterocycles. The second-order valence-electron chi connectivity index (χ2n) is 3.95. The van der Waals surface area contributed by atoms with Crippen LogP contribution in [0.15, 0.2) is 36.4 Å². The molecule has 0 aromatic heterocycles. The fraction of sp³-hybridized carbons (Fsp3) is 0.0714.